The first-order chi connectivity index (χ1) is 14.2. The number of carbonyl (C=O) groups is 4. The van der Waals surface area contributed by atoms with Crippen LogP contribution < -0.4 is 10.1 Å². The number of nitrogens with one attached hydrogen (secondary N) is 1. The van der Waals surface area contributed by atoms with Crippen molar-refractivity contribution in [3.8, 4) is 5.75 Å². The molecule has 0 aromatic heterocycles. The smallest absolute Gasteiger partial charge is 0.329 e. The number of imide groups is 1. The summed E-state index contributed by atoms with van der Waals surface area (Å²) in [7, 11) is 1.44. The van der Waals surface area contributed by atoms with Crippen LogP contribution in [0.2, 0.25) is 5.02 Å². The monoisotopic (exact) mass is 430 g/mol. The first kappa shape index (κ1) is 21.3. The zero-order valence-corrected chi connectivity index (χ0v) is 17.2. The Hall–Kier alpha value is -3.39. The van der Waals surface area contributed by atoms with E-state index in [-0.39, 0.29) is 11.1 Å². The summed E-state index contributed by atoms with van der Waals surface area (Å²) in [6.45, 7) is 2.74. The highest BCUT2D eigenvalue weighted by Gasteiger charge is 2.41. The number of nitrogens with zero attached hydrogens (tertiary/aromatic N) is 1. The molecule has 9 heteroatoms. The van der Waals surface area contributed by atoms with Crippen molar-refractivity contribution in [2.45, 2.75) is 26.0 Å². The lowest BCUT2D eigenvalue weighted by molar-refractivity contribution is -0.156. The molecule has 1 N–H and O–H groups in total. The highest BCUT2D eigenvalue weighted by Crippen LogP contribution is 2.28. The number of methoxy groups -OCH3 is 1. The maximum absolute atomic E-state index is 12.5. The van der Waals surface area contributed by atoms with Crippen LogP contribution in [0.5, 0.6) is 5.75 Å². The molecule has 1 aliphatic heterocycles. The third-order valence-corrected chi connectivity index (χ3v) is 4.87. The second-order valence-corrected chi connectivity index (χ2v) is 7.05. The molecule has 0 saturated carbocycles. The number of ether oxygens (including phenoxy) is 2. The molecule has 0 bridgehead atoms. The lowest BCUT2D eigenvalue weighted by atomic mass is 10.1. The lowest BCUT2D eigenvalue weighted by Gasteiger charge is -2.23. The number of carbonyl (C=O) groups excluding carboxylic acids is 4. The molecule has 0 unspecified atom stereocenters. The van der Waals surface area contributed by atoms with Gasteiger partial charge in [0.15, 0.2) is 6.10 Å². The van der Waals surface area contributed by atoms with Crippen LogP contribution in [0.3, 0.4) is 0 Å². The Bertz CT molecular complexity index is 1000. The number of esters is 1. The van der Waals surface area contributed by atoms with Gasteiger partial charge in [-0.05, 0) is 44.2 Å². The molecule has 2 aromatic rings. The van der Waals surface area contributed by atoms with Gasteiger partial charge in [-0.25, -0.2) is 4.79 Å². The van der Waals surface area contributed by atoms with Gasteiger partial charge in [-0.2, -0.15) is 0 Å². The fraction of sp³-hybridized carbons (Fsp3) is 0.238. The second-order valence-electron chi connectivity index (χ2n) is 6.61. The second kappa shape index (κ2) is 8.54. The molecule has 2 aromatic carbocycles. The predicted molar refractivity (Wildman–Crippen MR) is 109 cm³/mol. The van der Waals surface area contributed by atoms with Crippen LogP contribution in [0.4, 0.5) is 5.69 Å². The summed E-state index contributed by atoms with van der Waals surface area (Å²) in [5.74, 6) is -2.30. The molecule has 30 heavy (non-hydrogen) atoms. The Balaban J connectivity index is 1.67. The molecule has 1 aliphatic rings. The van der Waals surface area contributed by atoms with Crippen molar-refractivity contribution in [1.82, 2.24) is 4.90 Å². The molecular formula is C21H19ClN2O6. The van der Waals surface area contributed by atoms with E-state index in [1.54, 1.807) is 24.3 Å². The van der Waals surface area contributed by atoms with Gasteiger partial charge >= 0.3 is 5.97 Å². The third-order valence-electron chi connectivity index (χ3n) is 4.64. The van der Waals surface area contributed by atoms with Crippen LogP contribution in [0, 0.1) is 0 Å². The number of anilines is 1. The standard InChI is InChI=1S/C21H19ClN2O6/c1-11(24-19(26)14-6-4-5-7-15(14)20(24)27)21(28)30-12(2)18(25)23-16-10-13(22)8-9-17(16)29-3/h4-12H,1-3H3,(H,23,25)/t11-,12+/m1/s1. The van der Waals surface area contributed by atoms with Crippen molar-refractivity contribution < 1.29 is 28.7 Å². The number of hydrogen-bond donors (Lipinski definition) is 1. The van der Waals surface area contributed by atoms with Gasteiger partial charge in [0.2, 0.25) is 0 Å². The van der Waals surface area contributed by atoms with Crippen LogP contribution in [-0.2, 0) is 14.3 Å². The quantitative estimate of drug-likeness (QED) is 0.558. The SMILES string of the molecule is COc1ccc(Cl)cc1NC(=O)[C@H](C)OC(=O)[C@@H](C)N1C(=O)c2ccccc2C1=O. The van der Waals surface area contributed by atoms with Crippen molar-refractivity contribution >= 4 is 41.0 Å². The Labute approximate surface area is 177 Å². The van der Waals surface area contributed by atoms with Gasteiger partial charge in [0, 0.05) is 5.02 Å². The number of fused-ring (bicyclic) bond motifs is 1. The molecule has 8 nitrogen and oxygen atoms in total. The fourth-order valence-corrected chi connectivity index (χ4v) is 3.18. The van der Waals surface area contributed by atoms with E-state index in [0.717, 1.165) is 4.90 Å². The Morgan fingerprint density at radius 1 is 1.03 bits per heavy atom. The van der Waals surface area contributed by atoms with Gasteiger partial charge in [0.25, 0.3) is 17.7 Å². The molecule has 3 rings (SSSR count). The summed E-state index contributed by atoms with van der Waals surface area (Å²) in [6, 6.07) is 9.77. The average Bonchev–Trinajstić information content (AvgIpc) is 2.98. The number of amides is 3. The van der Waals surface area contributed by atoms with Crippen molar-refractivity contribution in [2.24, 2.45) is 0 Å². The maximum atomic E-state index is 12.5. The fourth-order valence-electron chi connectivity index (χ4n) is 3.00. The largest absolute Gasteiger partial charge is 0.495 e. The third kappa shape index (κ3) is 3.99. The van der Waals surface area contributed by atoms with Gasteiger partial charge in [-0.15, -0.1) is 0 Å². The zero-order chi connectivity index (χ0) is 22.0. The van der Waals surface area contributed by atoms with Crippen LogP contribution >= 0.6 is 11.6 Å². The highest BCUT2D eigenvalue weighted by molar-refractivity contribution is 6.31. The van der Waals surface area contributed by atoms with Gasteiger partial charge in [-0.3, -0.25) is 19.3 Å². The summed E-state index contributed by atoms with van der Waals surface area (Å²) in [4.78, 5) is 50.8. The molecule has 3 amide bonds. The van der Waals surface area contributed by atoms with Crippen molar-refractivity contribution in [3.63, 3.8) is 0 Å². The zero-order valence-electron chi connectivity index (χ0n) is 16.5. The van der Waals surface area contributed by atoms with Gasteiger partial charge < -0.3 is 14.8 Å². The van der Waals surface area contributed by atoms with E-state index in [2.05, 4.69) is 5.32 Å². The Kier molecular flexibility index (Phi) is 6.07. The predicted octanol–water partition coefficient (Wildman–Crippen LogP) is 2.90. The first-order valence-electron chi connectivity index (χ1n) is 9.06. The molecule has 0 spiro atoms. The number of hydrogen-bond acceptors (Lipinski definition) is 6. The van der Waals surface area contributed by atoms with Crippen molar-refractivity contribution in [1.29, 1.82) is 0 Å². The molecule has 0 radical (unpaired) electrons. The minimum Gasteiger partial charge on any atom is -0.495 e. The van der Waals surface area contributed by atoms with E-state index < -0.39 is 35.8 Å². The average molecular weight is 431 g/mol. The summed E-state index contributed by atoms with van der Waals surface area (Å²) in [5, 5.41) is 2.96. The summed E-state index contributed by atoms with van der Waals surface area (Å²) in [5.41, 5.74) is 0.758. The molecular weight excluding hydrogens is 412 g/mol. The first-order valence-corrected chi connectivity index (χ1v) is 9.44. The van der Waals surface area contributed by atoms with E-state index in [0.29, 0.717) is 16.5 Å². The summed E-state index contributed by atoms with van der Waals surface area (Å²) in [6.07, 6.45) is -1.20. The van der Waals surface area contributed by atoms with Crippen LogP contribution in [-0.4, -0.2) is 47.8 Å². The van der Waals surface area contributed by atoms with Crippen LogP contribution in [0.15, 0.2) is 42.5 Å². The van der Waals surface area contributed by atoms with E-state index >= 15 is 0 Å². The topological polar surface area (TPSA) is 102 Å². The maximum Gasteiger partial charge on any atom is 0.329 e. The van der Waals surface area contributed by atoms with Crippen molar-refractivity contribution in [3.05, 3.63) is 58.6 Å². The Morgan fingerprint density at radius 3 is 2.20 bits per heavy atom. The Morgan fingerprint density at radius 2 is 1.63 bits per heavy atom. The van der Waals surface area contributed by atoms with E-state index in [1.807, 2.05) is 0 Å². The molecule has 0 fully saturated rings. The van der Waals surface area contributed by atoms with Crippen LogP contribution in [0.1, 0.15) is 34.6 Å². The molecule has 0 saturated heterocycles. The minimum atomic E-state index is -1.20. The minimum absolute atomic E-state index is 0.223. The van der Waals surface area contributed by atoms with Gasteiger partial charge in [0.05, 0.1) is 23.9 Å². The summed E-state index contributed by atoms with van der Waals surface area (Å²) < 4.78 is 10.3. The van der Waals surface area contributed by atoms with Gasteiger partial charge in [0.1, 0.15) is 11.8 Å². The molecule has 0 aliphatic carbocycles. The highest BCUT2D eigenvalue weighted by atomic mass is 35.5. The van der Waals surface area contributed by atoms with E-state index in [9.17, 15) is 19.2 Å². The van der Waals surface area contributed by atoms with Crippen LogP contribution in [0.25, 0.3) is 0 Å². The lowest BCUT2D eigenvalue weighted by Crippen LogP contribution is -2.45. The number of halogens is 1. The normalized spacial score (nSPS) is 14.7. The van der Waals surface area contributed by atoms with E-state index in [1.165, 1.54) is 39.2 Å². The molecule has 156 valence electrons. The van der Waals surface area contributed by atoms with Crippen molar-refractivity contribution in [2.75, 3.05) is 12.4 Å². The molecule has 2 atom stereocenters. The van der Waals surface area contributed by atoms with Gasteiger partial charge in [-0.1, -0.05) is 23.7 Å². The number of benzene rings is 2. The number of rotatable bonds is 6. The van der Waals surface area contributed by atoms with E-state index in [4.69, 9.17) is 21.1 Å². The summed E-state index contributed by atoms with van der Waals surface area (Å²) >= 11 is 5.94. The molecule has 1 heterocycles.